The standard InChI is InChI=1S/C20H20N2O3S2/c1-11-7-13(3)16(8-12(11)2)18(24)14(4)25-17(23)9-27-20-15-5-6-26-19(15)21-10-22-20/h5-8,10,14H,9H2,1-4H3/t14-/m0/s1. The highest BCUT2D eigenvalue weighted by Crippen LogP contribution is 2.27. The van der Waals surface area contributed by atoms with Crippen LogP contribution < -0.4 is 0 Å². The number of carbonyl (C=O) groups excluding carboxylic acids is 2. The van der Waals surface area contributed by atoms with Crippen molar-refractivity contribution in [3.8, 4) is 0 Å². The van der Waals surface area contributed by atoms with E-state index < -0.39 is 12.1 Å². The highest BCUT2D eigenvalue weighted by Gasteiger charge is 2.22. The Morgan fingerprint density at radius 1 is 1.15 bits per heavy atom. The molecule has 140 valence electrons. The Morgan fingerprint density at radius 2 is 1.89 bits per heavy atom. The molecule has 0 aliphatic rings. The number of aryl methyl sites for hydroxylation is 3. The summed E-state index contributed by atoms with van der Waals surface area (Å²) in [5.41, 5.74) is 3.67. The number of rotatable bonds is 6. The van der Waals surface area contributed by atoms with Crippen molar-refractivity contribution in [3.05, 3.63) is 52.2 Å². The van der Waals surface area contributed by atoms with E-state index in [9.17, 15) is 9.59 Å². The second-order valence-electron chi connectivity index (χ2n) is 6.35. The van der Waals surface area contributed by atoms with Crippen molar-refractivity contribution in [2.24, 2.45) is 0 Å². The lowest BCUT2D eigenvalue weighted by Gasteiger charge is -2.15. The first-order chi connectivity index (χ1) is 12.9. The summed E-state index contributed by atoms with van der Waals surface area (Å²) in [4.78, 5) is 34.2. The lowest BCUT2D eigenvalue weighted by atomic mass is 9.96. The zero-order valence-corrected chi connectivity index (χ0v) is 17.2. The average Bonchev–Trinajstić information content (AvgIpc) is 3.11. The molecule has 0 unspecified atom stereocenters. The van der Waals surface area contributed by atoms with E-state index in [0.29, 0.717) is 5.56 Å². The van der Waals surface area contributed by atoms with Gasteiger partial charge in [-0.05, 0) is 61.9 Å². The minimum Gasteiger partial charge on any atom is -0.454 e. The molecule has 2 heterocycles. The number of thioether (sulfide) groups is 1. The van der Waals surface area contributed by atoms with Crippen molar-refractivity contribution in [1.82, 2.24) is 9.97 Å². The molecule has 0 bridgehead atoms. The Hall–Kier alpha value is -2.25. The molecule has 3 aromatic rings. The number of fused-ring (bicyclic) bond motifs is 1. The number of aromatic nitrogens is 2. The van der Waals surface area contributed by atoms with Crippen LogP contribution in [-0.2, 0) is 9.53 Å². The molecule has 3 rings (SSSR count). The largest absolute Gasteiger partial charge is 0.454 e. The molecule has 5 nitrogen and oxygen atoms in total. The summed E-state index contributed by atoms with van der Waals surface area (Å²) < 4.78 is 5.36. The van der Waals surface area contributed by atoms with Crippen LogP contribution in [0.4, 0.5) is 0 Å². The molecular formula is C20H20N2O3S2. The van der Waals surface area contributed by atoms with E-state index in [2.05, 4.69) is 9.97 Å². The van der Waals surface area contributed by atoms with Crippen molar-refractivity contribution in [2.45, 2.75) is 38.8 Å². The van der Waals surface area contributed by atoms with Crippen molar-refractivity contribution in [2.75, 3.05) is 5.75 Å². The molecule has 2 aromatic heterocycles. The molecule has 0 saturated carbocycles. The van der Waals surface area contributed by atoms with Crippen LogP contribution in [0.25, 0.3) is 10.2 Å². The minimum absolute atomic E-state index is 0.0888. The molecule has 7 heteroatoms. The van der Waals surface area contributed by atoms with E-state index in [1.54, 1.807) is 6.92 Å². The lowest BCUT2D eigenvalue weighted by Crippen LogP contribution is -2.26. The first kappa shape index (κ1) is 19.5. The molecule has 0 fully saturated rings. The fraction of sp³-hybridized carbons (Fsp3) is 0.300. The molecule has 0 N–H and O–H groups in total. The maximum Gasteiger partial charge on any atom is 0.317 e. The van der Waals surface area contributed by atoms with Crippen LogP contribution in [-0.4, -0.2) is 33.6 Å². The number of hydrogen-bond acceptors (Lipinski definition) is 7. The summed E-state index contributed by atoms with van der Waals surface area (Å²) in [6.45, 7) is 7.48. The monoisotopic (exact) mass is 400 g/mol. The first-order valence-corrected chi connectivity index (χ1v) is 10.4. The number of ketones is 1. The Labute approximate surface area is 166 Å². The Balaban J connectivity index is 1.63. The van der Waals surface area contributed by atoms with Gasteiger partial charge in [-0.15, -0.1) is 11.3 Å². The summed E-state index contributed by atoms with van der Waals surface area (Å²) in [5.74, 6) is -0.536. The van der Waals surface area contributed by atoms with Gasteiger partial charge in [0, 0.05) is 10.9 Å². The molecule has 0 amide bonds. The summed E-state index contributed by atoms with van der Waals surface area (Å²) >= 11 is 2.82. The van der Waals surface area contributed by atoms with Crippen LogP contribution >= 0.6 is 23.1 Å². The minimum atomic E-state index is -0.828. The summed E-state index contributed by atoms with van der Waals surface area (Å²) in [7, 11) is 0. The molecule has 1 atom stereocenters. The predicted octanol–water partition coefficient (Wildman–Crippen LogP) is 4.52. The molecule has 0 aliphatic heterocycles. The second-order valence-corrected chi connectivity index (χ2v) is 8.21. The van der Waals surface area contributed by atoms with Crippen LogP contribution in [0.3, 0.4) is 0 Å². The van der Waals surface area contributed by atoms with E-state index in [4.69, 9.17) is 4.74 Å². The van der Waals surface area contributed by atoms with E-state index in [1.807, 2.05) is 44.4 Å². The van der Waals surface area contributed by atoms with Crippen LogP contribution in [0.5, 0.6) is 0 Å². The number of carbonyl (C=O) groups is 2. The highest BCUT2D eigenvalue weighted by atomic mass is 32.2. The number of thiophene rings is 1. The van der Waals surface area contributed by atoms with E-state index in [1.165, 1.54) is 29.4 Å². The number of nitrogens with zero attached hydrogens (tertiary/aromatic N) is 2. The third kappa shape index (κ3) is 4.36. The third-order valence-electron chi connectivity index (χ3n) is 4.34. The summed E-state index contributed by atoms with van der Waals surface area (Å²) in [6, 6.07) is 5.77. The van der Waals surface area contributed by atoms with Gasteiger partial charge in [-0.1, -0.05) is 17.8 Å². The molecule has 0 radical (unpaired) electrons. The van der Waals surface area contributed by atoms with Gasteiger partial charge in [-0.25, -0.2) is 9.97 Å². The number of Topliss-reactive ketones (excluding diaryl/α,β-unsaturated/α-hetero) is 1. The molecule has 0 spiro atoms. The van der Waals surface area contributed by atoms with Crippen molar-refractivity contribution >= 4 is 45.1 Å². The number of hydrogen-bond donors (Lipinski definition) is 0. The van der Waals surface area contributed by atoms with Gasteiger partial charge in [0.25, 0.3) is 0 Å². The fourth-order valence-electron chi connectivity index (χ4n) is 2.74. The molecule has 1 aromatic carbocycles. The van der Waals surface area contributed by atoms with Gasteiger partial charge in [0.15, 0.2) is 6.10 Å². The Kier molecular flexibility index (Phi) is 5.92. The van der Waals surface area contributed by atoms with Gasteiger partial charge in [0.1, 0.15) is 16.2 Å². The summed E-state index contributed by atoms with van der Waals surface area (Å²) in [6.07, 6.45) is 0.659. The number of ether oxygens (including phenoxy) is 1. The van der Waals surface area contributed by atoms with Crippen molar-refractivity contribution < 1.29 is 14.3 Å². The zero-order valence-electron chi connectivity index (χ0n) is 15.6. The van der Waals surface area contributed by atoms with Crippen LogP contribution in [0.15, 0.2) is 34.9 Å². The highest BCUT2D eigenvalue weighted by molar-refractivity contribution is 8.00. The number of benzene rings is 1. The molecule has 0 aliphatic carbocycles. The molecule has 27 heavy (non-hydrogen) atoms. The quantitative estimate of drug-likeness (QED) is 0.262. The maximum atomic E-state index is 12.7. The predicted molar refractivity (Wildman–Crippen MR) is 109 cm³/mol. The van der Waals surface area contributed by atoms with Gasteiger partial charge in [-0.2, -0.15) is 0 Å². The van der Waals surface area contributed by atoms with E-state index in [-0.39, 0.29) is 11.5 Å². The SMILES string of the molecule is Cc1cc(C)c(C(=O)[C@H](C)OC(=O)CSc2ncnc3sccc23)cc1C. The lowest BCUT2D eigenvalue weighted by molar-refractivity contribution is -0.143. The Bertz CT molecular complexity index is 1010. The fourth-order valence-corrected chi connectivity index (χ4v) is 4.30. The van der Waals surface area contributed by atoms with Gasteiger partial charge in [0.2, 0.25) is 5.78 Å². The zero-order chi connectivity index (χ0) is 19.6. The topological polar surface area (TPSA) is 69.2 Å². The van der Waals surface area contributed by atoms with Crippen molar-refractivity contribution in [1.29, 1.82) is 0 Å². The summed E-state index contributed by atoms with van der Waals surface area (Å²) in [5, 5.41) is 3.60. The second kappa shape index (κ2) is 8.19. The van der Waals surface area contributed by atoms with Gasteiger partial charge in [0.05, 0.1) is 5.75 Å². The average molecular weight is 401 g/mol. The van der Waals surface area contributed by atoms with Crippen LogP contribution in [0, 0.1) is 20.8 Å². The van der Waals surface area contributed by atoms with Crippen molar-refractivity contribution in [3.63, 3.8) is 0 Å². The smallest absolute Gasteiger partial charge is 0.317 e. The molecular weight excluding hydrogens is 380 g/mol. The first-order valence-electron chi connectivity index (χ1n) is 8.49. The van der Waals surface area contributed by atoms with Gasteiger partial charge >= 0.3 is 5.97 Å². The van der Waals surface area contributed by atoms with Crippen LogP contribution in [0.2, 0.25) is 0 Å². The van der Waals surface area contributed by atoms with Crippen LogP contribution in [0.1, 0.15) is 34.0 Å². The molecule has 0 saturated heterocycles. The van der Waals surface area contributed by atoms with E-state index >= 15 is 0 Å². The normalized spacial score (nSPS) is 12.1. The Morgan fingerprint density at radius 3 is 2.67 bits per heavy atom. The van der Waals surface area contributed by atoms with E-state index in [0.717, 1.165) is 31.9 Å². The third-order valence-corrected chi connectivity index (χ3v) is 6.14. The maximum absolute atomic E-state index is 12.7. The van der Waals surface area contributed by atoms with Gasteiger partial charge in [-0.3, -0.25) is 9.59 Å². The number of esters is 1. The van der Waals surface area contributed by atoms with Gasteiger partial charge < -0.3 is 4.74 Å².